The Morgan fingerprint density at radius 2 is 2.07 bits per heavy atom. The highest BCUT2D eigenvalue weighted by Crippen LogP contribution is 2.44. The number of fused-ring (bicyclic) bond motifs is 3. The van der Waals surface area contributed by atoms with Crippen LogP contribution in [-0.4, -0.2) is 12.4 Å². The molecule has 2 heteroatoms. The summed E-state index contributed by atoms with van der Waals surface area (Å²) >= 11 is 0. The predicted octanol–water partition coefficient (Wildman–Crippen LogP) is 2.68. The average molecular weight is 204 g/mol. The van der Waals surface area contributed by atoms with Gasteiger partial charge in [0.05, 0.1) is 12.7 Å². The van der Waals surface area contributed by atoms with E-state index in [0.717, 1.165) is 13.0 Å². The fourth-order valence-corrected chi connectivity index (χ4v) is 2.59. The van der Waals surface area contributed by atoms with E-state index in [9.17, 15) is 0 Å². The van der Waals surface area contributed by atoms with Crippen LogP contribution in [0.25, 0.3) is 0 Å². The lowest BCUT2D eigenvalue weighted by Gasteiger charge is -2.38. The summed E-state index contributed by atoms with van der Waals surface area (Å²) in [5, 5.41) is 0. The van der Waals surface area contributed by atoms with E-state index in [1.54, 1.807) is 0 Å². The fraction of sp³-hybridized carbons (Fsp3) is 0.538. The van der Waals surface area contributed by atoms with Crippen molar-refractivity contribution >= 4 is 0 Å². The van der Waals surface area contributed by atoms with Crippen molar-refractivity contribution in [1.29, 1.82) is 0 Å². The summed E-state index contributed by atoms with van der Waals surface area (Å²) in [7, 11) is 0. The van der Waals surface area contributed by atoms with Gasteiger partial charge in [-0.25, -0.2) is 0 Å². The maximum absolute atomic E-state index is 6.00. The Bertz CT molecular complexity index is 384. The first-order chi connectivity index (χ1) is 7.16. The number of hydrogen-bond donors (Lipinski definition) is 0. The molecule has 1 aliphatic heterocycles. The van der Waals surface area contributed by atoms with Crippen molar-refractivity contribution in [1.82, 2.24) is 0 Å². The van der Waals surface area contributed by atoms with Crippen LogP contribution in [0.5, 0.6) is 0 Å². The molecule has 2 atom stereocenters. The number of rotatable bonds is 0. The highest BCUT2D eigenvalue weighted by molar-refractivity contribution is 5.35. The normalized spacial score (nSPS) is 32.1. The van der Waals surface area contributed by atoms with E-state index in [1.165, 1.54) is 11.1 Å². The zero-order valence-electron chi connectivity index (χ0n) is 9.19. The van der Waals surface area contributed by atoms with Crippen molar-refractivity contribution in [2.45, 2.75) is 32.2 Å². The molecule has 2 aliphatic rings. The average Bonchev–Trinajstić information content (AvgIpc) is 2.55. The third-order valence-corrected chi connectivity index (χ3v) is 3.33. The fourth-order valence-electron chi connectivity index (χ4n) is 2.59. The molecular weight excluding hydrogens is 188 g/mol. The molecule has 3 rings (SSSR count). The van der Waals surface area contributed by atoms with Crippen LogP contribution in [0.1, 0.15) is 31.1 Å². The zero-order valence-corrected chi connectivity index (χ0v) is 9.19. The first-order valence-electron chi connectivity index (χ1n) is 5.55. The number of benzene rings is 1. The summed E-state index contributed by atoms with van der Waals surface area (Å²) in [6.07, 6.45) is 1.33. The van der Waals surface area contributed by atoms with Gasteiger partial charge in [0.15, 0.2) is 5.79 Å². The molecule has 1 heterocycles. The van der Waals surface area contributed by atoms with Crippen molar-refractivity contribution < 1.29 is 9.47 Å². The van der Waals surface area contributed by atoms with Gasteiger partial charge in [-0.2, -0.15) is 0 Å². The van der Waals surface area contributed by atoms with E-state index >= 15 is 0 Å². The summed E-state index contributed by atoms with van der Waals surface area (Å²) < 4.78 is 11.7. The van der Waals surface area contributed by atoms with Gasteiger partial charge in [-0.3, -0.25) is 0 Å². The minimum Gasteiger partial charge on any atom is -0.350 e. The standard InChI is InChI=1S/C13H16O2/c1-13(2)14-8-10-7-9-5-3-4-6-11(9)12(10)15-13/h3-6,10,12H,7-8H2,1-2H3. The zero-order chi connectivity index (χ0) is 10.5. The van der Waals surface area contributed by atoms with Crippen molar-refractivity contribution in [2.75, 3.05) is 6.61 Å². The van der Waals surface area contributed by atoms with Crippen LogP contribution in [0.15, 0.2) is 24.3 Å². The molecule has 15 heavy (non-hydrogen) atoms. The molecular formula is C13H16O2. The van der Waals surface area contributed by atoms with Crippen LogP contribution in [0, 0.1) is 5.92 Å². The van der Waals surface area contributed by atoms with Crippen LogP contribution in [0.2, 0.25) is 0 Å². The lowest BCUT2D eigenvalue weighted by Crippen LogP contribution is -2.39. The van der Waals surface area contributed by atoms with E-state index in [1.807, 2.05) is 13.8 Å². The summed E-state index contributed by atoms with van der Waals surface area (Å²) in [5.41, 5.74) is 2.78. The van der Waals surface area contributed by atoms with Crippen LogP contribution in [0.4, 0.5) is 0 Å². The molecule has 2 unspecified atom stereocenters. The van der Waals surface area contributed by atoms with Crippen LogP contribution in [-0.2, 0) is 15.9 Å². The SMILES string of the molecule is CC1(C)OCC2Cc3ccccc3C2O1. The smallest absolute Gasteiger partial charge is 0.163 e. The lowest BCUT2D eigenvalue weighted by molar-refractivity contribution is -0.292. The predicted molar refractivity (Wildman–Crippen MR) is 57.5 cm³/mol. The van der Waals surface area contributed by atoms with E-state index in [0.29, 0.717) is 5.92 Å². The number of ether oxygens (including phenoxy) is 2. The van der Waals surface area contributed by atoms with Crippen molar-refractivity contribution in [3.63, 3.8) is 0 Å². The maximum Gasteiger partial charge on any atom is 0.163 e. The second-order valence-electron chi connectivity index (χ2n) is 4.91. The molecule has 0 aromatic heterocycles. The van der Waals surface area contributed by atoms with Gasteiger partial charge >= 0.3 is 0 Å². The minimum atomic E-state index is -0.432. The maximum atomic E-state index is 6.00. The van der Waals surface area contributed by atoms with E-state index in [2.05, 4.69) is 24.3 Å². The van der Waals surface area contributed by atoms with Gasteiger partial charge in [0.2, 0.25) is 0 Å². The Labute approximate surface area is 90.2 Å². The highest BCUT2D eigenvalue weighted by Gasteiger charge is 2.41. The first-order valence-corrected chi connectivity index (χ1v) is 5.55. The Hall–Kier alpha value is -0.860. The summed E-state index contributed by atoms with van der Waals surface area (Å²) in [6.45, 7) is 4.79. The first kappa shape index (κ1) is 9.37. The summed E-state index contributed by atoms with van der Waals surface area (Å²) in [4.78, 5) is 0. The third kappa shape index (κ3) is 1.48. The molecule has 0 radical (unpaired) electrons. The molecule has 2 nitrogen and oxygen atoms in total. The Morgan fingerprint density at radius 1 is 1.27 bits per heavy atom. The quantitative estimate of drug-likeness (QED) is 0.647. The van der Waals surface area contributed by atoms with Crippen molar-refractivity contribution in [2.24, 2.45) is 5.92 Å². The topological polar surface area (TPSA) is 18.5 Å². The Kier molecular flexibility index (Phi) is 1.91. The van der Waals surface area contributed by atoms with Crippen molar-refractivity contribution in [3.05, 3.63) is 35.4 Å². The van der Waals surface area contributed by atoms with Crippen LogP contribution in [0.3, 0.4) is 0 Å². The van der Waals surface area contributed by atoms with Gasteiger partial charge in [-0.05, 0) is 31.4 Å². The molecule has 0 saturated carbocycles. The molecule has 0 bridgehead atoms. The van der Waals surface area contributed by atoms with Gasteiger partial charge in [0.1, 0.15) is 0 Å². The second kappa shape index (κ2) is 3.06. The lowest BCUT2D eigenvalue weighted by atomic mass is 10.0. The monoisotopic (exact) mass is 204 g/mol. The van der Waals surface area contributed by atoms with Gasteiger partial charge in [0, 0.05) is 5.92 Å². The molecule has 1 aromatic carbocycles. The largest absolute Gasteiger partial charge is 0.350 e. The van der Waals surface area contributed by atoms with Gasteiger partial charge in [0.25, 0.3) is 0 Å². The van der Waals surface area contributed by atoms with Gasteiger partial charge in [-0.1, -0.05) is 24.3 Å². The third-order valence-electron chi connectivity index (χ3n) is 3.33. The molecule has 1 fully saturated rings. The molecule has 0 spiro atoms. The molecule has 0 N–H and O–H groups in total. The molecule has 1 saturated heterocycles. The Morgan fingerprint density at radius 3 is 2.93 bits per heavy atom. The van der Waals surface area contributed by atoms with E-state index < -0.39 is 5.79 Å². The molecule has 1 aromatic rings. The molecule has 1 aliphatic carbocycles. The highest BCUT2D eigenvalue weighted by atomic mass is 16.7. The Balaban J connectivity index is 1.96. The minimum absolute atomic E-state index is 0.241. The number of hydrogen-bond acceptors (Lipinski definition) is 2. The van der Waals surface area contributed by atoms with Gasteiger partial charge < -0.3 is 9.47 Å². The second-order valence-corrected chi connectivity index (χ2v) is 4.91. The van der Waals surface area contributed by atoms with Gasteiger partial charge in [-0.15, -0.1) is 0 Å². The summed E-state index contributed by atoms with van der Waals surface area (Å²) in [6, 6.07) is 8.57. The summed E-state index contributed by atoms with van der Waals surface area (Å²) in [5.74, 6) is 0.0777. The molecule has 0 amide bonds. The molecule has 80 valence electrons. The van der Waals surface area contributed by atoms with Crippen LogP contribution >= 0.6 is 0 Å². The van der Waals surface area contributed by atoms with Crippen molar-refractivity contribution in [3.8, 4) is 0 Å². The van der Waals surface area contributed by atoms with E-state index in [-0.39, 0.29) is 6.10 Å². The van der Waals surface area contributed by atoms with E-state index in [4.69, 9.17) is 9.47 Å². The van der Waals surface area contributed by atoms with Crippen LogP contribution < -0.4 is 0 Å².